The maximum Gasteiger partial charge on any atom is 0.154 e. The van der Waals surface area contributed by atoms with Crippen LogP contribution in [0.2, 0.25) is 0 Å². The Kier molecular flexibility index (Phi) is 3.11. The largest absolute Gasteiger partial charge is 0.368 e. The number of rotatable bonds is 3. The lowest BCUT2D eigenvalue weighted by Gasteiger charge is -2.24. The first-order valence-electron chi connectivity index (χ1n) is 3.12. The summed E-state index contributed by atoms with van der Waals surface area (Å²) in [5.41, 5.74) is 4.85. The van der Waals surface area contributed by atoms with Crippen LogP contribution in [0.25, 0.3) is 0 Å². The molecule has 0 aliphatic carbocycles. The molecule has 2 atom stereocenters. The van der Waals surface area contributed by atoms with Gasteiger partial charge in [-0.05, 0) is 20.3 Å². The second kappa shape index (κ2) is 3.15. The highest BCUT2D eigenvalue weighted by Gasteiger charge is 2.17. The van der Waals surface area contributed by atoms with Crippen LogP contribution in [0.1, 0.15) is 27.2 Å². The molecule has 56 valence electrons. The molecule has 0 bridgehead atoms. The van der Waals surface area contributed by atoms with E-state index in [1.54, 1.807) is 13.8 Å². The van der Waals surface area contributed by atoms with Crippen molar-refractivity contribution in [2.75, 3.05) is 0 Å². The summed E-state index contributed by atoms with van der Waals surface area (Å²) in [6.45, 7) is 5.18. The third-order valence-corrected chi connectivity index (χ3v) is 1.14. The van der Waals surface area contributed by atoms with Crippen LogP contribution >= 0.6 is 0 Å². The molecule has 3 nitrogen and oxygen atoms in total. The van der Waals surface area contributed by atoms with Crippen molar-refractivity contribution < 1.29 is 9.84 Å². The van der Waals surface area contributed by atoms with E-state index in [0.29, 0.717) is 6.42 Å². The van der Waals surface area contributed by atoms with Crippen LogP contribution in [0.4, 0.5) is 0 Å². The molecule has 3 heteroatoms. The van der Waals surface area contributed by atoms with Crippen LogP contribution in [0.15, 0.2) is 0 Å². The minimum atomic E-state index is -0.778. The zero-order chi connectivity index (χ0) is 7.49. The fraction of sp³-hybridized carbons (Fsp3) is 1.00. The third kappa shape index (κ3) is 4.39. The van der Waals surface area contributed by atoms with Crippen molar-refractivity contribution in [3.05, 3.63) is 0 Å². The molecule has 0 saturated heterocycles. The van der Waals surface area contributed by atoms with Crippen molar-refractivity contribution in [3.63, 3.8) is 0 Å². The monoisotopic (exact) mass is 133 g/mol. The highest BCUT2D eigenvalue weighted by Crippen LogP contribution is 2.07. The quantitative estimate of drug-likeness (QED) is 0.549. The van der Waals surface area contributed by atoms with Gasteiger partial charge in [-0.15, -0.1) is 0 Å². The van der Waals surface area contributed by atoms with Crippen molar-refractivity contribution in [3.8, 4) is 0 Å². The Morgan fingerprint density at radius 1 is 1.78 bits per heavy atom. The SMILES string of the molecule is CCC(C)(N)OC(C)O. The molecule has 0 radical (unpaired) electrons. The third-order valence-electron chi connectivity index (χ3n) is 1.14. The zero-order valence-corrected chi connectivity index (χ0v) is 6.22. The molecule has 0 spiro atoms. The van der Waals surface area contributed by atoms with Gasteiger partial charge in [0, 0.05) is 0 Å². The molecule has 3 N–H and O–H groups in total. The second-order valence-electron chi connectivity index (χ2n) is 2.38. The van der Waals surface area contributed by atoms with Crippen LogP contribution < -0.4 is 5.73 Å². The standard InChI is InChI=1S/C6H15NO2/c1-4-6(3,7)9-5(2)8/h5,8H,4,7H2,1-3H3. The van der Waals surface area contributed by atoms with Gasteiger partial charge in [-0.2, -0.15) is 0 Å². The summed E-state index contributed by atoms with van der Waals surface area (Å²) < 4.78 is 4.92. The number of hydrogen-bond donors (Lipinski definition) is 2. The molecule has 0 aliphatic heterocycles. The summed E-state index contributed by atoms with van der Waals surface area (Å²) in [4.78, 5) is 0. The Balaban J connectivity index is 3.58. The Morgan fingerprint density at radius 3 is 2.33 bits per heavy atom. The maximum absolute atomic E-state index is 8.72. The first kappa shape index (κ1) is 8.88. The molecule has 0 amide bonds. The molecule has 0 aromatic rings. The van der Waals surface area contributed by atoms with Crippen molar-refractivity contribution in [1.29, 1.82) is 0 Å². The molecule has 0 aromatic carbocycles. The summed E-state index contributed by atoms with van der Waals surface area (Å²) >= 11 is 0. The van der Waals surface area contributed by atoms with Crippen molar-refractivity contribution in [2.45, 2.75) is 39.2 Å². The molecule has 0 rings (SSSR count). The average Bonchev–Trinajstić information content (AvgIpc) is 1.63. The Morgan fingerprint density at radius 2 is 2.22 bits per heavy atom. The van der Waals surface area contributed by atoms with Crippen molar-refractivity contribution in [2.24, 2.45) is 5.73 Å². The van der Waals surface area contributed by atoms with Crippen molar-refractivity contribution in [1.82, 2.24) is 0 Å². The first-order chi connectivity index (χ1) is 3.98. The van der Waals surface area contributed by atoms with Gasteiger partial charge in [0.2, 0.25) is 0 Å². The van der Waals surface area contributed by atoms with Crippen LogP contribution in [0, 0.1) is 0 Å². The van der Waals surface area contributed by atoms with Crippen LogP contribution in [-0.4, -0.2) is 17.1 Å². The lowest BCUT2D eigenvalue weighted by molar-refractivity contribution is -0.167. The van der Waals surface area contributed by atoms with Crippen LogP contribution in [0.3, 0.4) is 0 Å². The lowest BCUT2D eigenvalue weighted by atomic mass is 10.2. The van der Waals surface area contributed by atoms with Crippen molar-refractivity contribution >= 4 is 0 Å². The van der Waals surface area contributed by atoms with E-state index < -0.39 is 12.0 Å². The van der Waals surface area contributed by atoms with E-state index in [4.69, 9.17) is 15.6 Å². The lowest BCUT2D eigenvalue weighted by Crippen LogP contribution is -2.41. The summed E-state index contributed by atoms with van der Waals surface area (Å²) in [5.74, 6) is 0. The van der Waals surface area contributed by atoms with Gasteiger partial charge < -0.3 is 15.6 Å². The molecular weight excluding hydrogens is 118 g/mol. The van der Waals surface area contributed by atoms with E-state index >= 15 is 0 Å². The van der Waals surface area contributed by atoms with Gasteiger partial charge in [0.05, 0.1) is 0 Å². The predicted molar refractivity (Wildman–Crippen MR) is 35.6 cm³/mol. The van der Waals surface area contributed by atoms with Gasteiger partial charge in [-0.25, -0.2) is 0 Å². The van der Waals surface area contributed by atoms with E-state index in [1.807, 2.05) is 6.92 Å². The summed E-state index contributed by atoms with van der Waals surface area (Å²) in [5, 5.41) is 8.72. The maximum atomic E-state index is 8.72. The van der Waals surface area contributed by atoms with Crippen LogP contribution in [-0.2, 0) is 4.74 Å². The molecular formula is C6H15NO2. The number of ether oxygens (including phenoxy) is 1. The number of nitrogens with two attached hydrogens (primary N) is 1. The molecule has 0 fully saturated rings. The normalized spacial score (nSPS) is 21.0. The number of aliphatic hydroxyl groups is 1. The zero-order valence-electron chi connectivity index (χ0n) is 6.22. The van der Waals surface area contributed by atoms with Gasteiger partial charge >= 0.3 is 0 Å². The molecule has 0 saturated carbocycles. The smallest absolute Gasteiger partial charge is 0.154 e. The number of aliphatic hydroxyl groups excluding tert-OH is 1. The molecule has 0 aromatic heterocycles. The van der Waals surface area contributed by atoms with Gasteiger partial charge in [-0.3, -0.25) is 0 Å². The van der Waals surface area contributed by atoms with Gasteiger partial charge in [0.1, 0.15) is 5.72 Å². The minimum absolute atomic E-state index is 0.686. The highest BCUT2D eigenvalue weighted by atomic mass is 16.6. The van der Waals surface area contributed by atoms with Gasteiger partial charge in [0.25, 0.3) is 0 Å². The van der Waals surface area contributed by atoms with Crippen LogP contribution in [0.5, 0.6) is 0 Å². The van der Waals surface area contributed by atoms with E-state index in [2.05, 4.69) is 0 Å². The summed E-state index contributed by atoms with van der Waals surface area (Å²) in [7, 11) is 0. The fourth-order valence-electron chi connectivity index (χ4n) is 0.473. The molecule has 2 unspecified atom stereocenters. The van der Waals surface area contributed by atoms with Gasteiger partial charge in [-0.1, -0.05) is 6.92 Å². The van der Waals surface area contributed by atoms with E-state index in [-0.39, 0.29) is 0 Å². The van der Waals surface area contributed by atoms with Gasteiger partial charge in [0.15, 0.2) is 6.29 Å². The summed E-state index contributed by atoms with van der Waals surface area (Å²) in [6.07, 6.45) is -0.0855. The molecule has 0 aliphatic rings. The molecule has 9 heavy (non-hydrogen) atoms. The fourth-order valence-corrected chi connectivity index (χ4v) is 0.473. The van der Waals surface area contributed by atoms with E-state index in [1.165, 1.54) is 0 Å². The highest BCUT2D eigenvalue weighted by molar-refractivity contribution is 4.62. The molecule has 0 heterocycles. The van der Waals surface area contributed by atoms with E-state index in [9.17, 15) is 0 Å². The number of hydrogen-bond acceptors (Lipinski definition) is 3. The predicted octanol–water partition coefficient (Wildman–Crippen LogP) is 0.426. The Hall–Kier alpha value is -0.120. The summed E-state index contributed by atoms with van der Waals surface area (Å²) in [6, 6.07) is 0. The minimum Gasteiger partial charge on any atom is -0.368 e. The van der Waals surface area contributed by atoms with E-state index in [0.717, 1.165) is 0 Å². The average molecular weight is 133 g/mol. The topological polar surface area (TPSA) is 55.5 Å². The second-order valence-corrected chi connectivity index (χ2v) is 2.38. The first-order valence-corrected chi connectivity index (χ1v) is 3.12. The Labute approximate surface area is 55.8 Å². The Bertz CT molecular complexity index is 81.1.